The summed E-state index contributed by atoms with van der Waals surface area (Å²) in [5.41, 5.74) is 1.16. The number of hydrogen-bond donors (Lipinski definition) is 1. The normalized spacial score (nSPS) is 11.8. The number of benzene rings is 2. The van der Waals surface area contributed by atoms with Crippen LogP contribution in [0.25, 0.3) is 0 Å². The smallest absolute Gasteiger partial charge is 0.268 e. The molecule has 0 unspecified atom stereocenters. The van der Waals surface area contributed by atoms with Crippen LogP contribution >= 0.6 is 11.6 Å². The Morgan fingerprint density at radius 1 is 1.15 bits per heavy atom. The van der Waals surface area contributed by atoms with Crippen LogP contribution in [0.2, 0.25) is 5.02 Å². The molecule has 0 aliphatic carbocycles. The third kappa shape index (κ3) is 4.94. The van der Waals surface area contributed by atoms with Gasteiger partial charge in [0.25, 0.3) is 15.9 Å². The molecule has 1 heterocycles. The number of anilines is 2. The topological polar surface area (TPSA) is 101 Å². The highest BCUT2D eigenvalue weighted by molar-refractivity contribution is 7.92. The van der Waals surface area contributed by atoms with E-state index < -0.39 is 15.9 Å². The van der Waals surface area contributed by atoms with Crippen molar-refractivity contribution >= 4 is 45.4 Å². The van der Waals surface area contributed by atoms with Crippen LogP contribution in [0.1, 0.15) is 42.3 Å². The van der Waals surface area contributed by atoms with Gasteiger partial charge in [0.05, 0.1) is 28.7 Å². The highest BCUT2D eigenvalue weighted by Crippen LogP contribution is 2.31. The van der Waals surface area contributed by atoms with Crippen LogP contribution in [0.3, 0.4) is 0 Å². The van der Waals surface area contributed by atoms with Crippen LogP contribution in [-0.4, -0.2) is 30.3 Å². The van der Waals surface area contributed by atoms with Gasteiger partial charge in [0.15, 0.2) is 0 Å². The summed E-state index contributed by atoms with van der Waals surface area (Å²) in [5.74, 6) is -0.518. The van der Waals surface area contributed by atoms with Crippen molar-refractivity contribution in [1.82, 2.24) is 9.55 Å². The zero-order valence-corrected chi connectivity index (χ0v) is 20.5. The van der Waals surface area contributed by atoms with Gasteiger partial charge in [0.2, 0.25) is 6.41 Å². The lowest BCUT2D eigenvalue weighted by Gasteiger charge is -2.21. The van der Waals surface area contributed by atoms with Crippen molar-refractivity contribution in [2.45, 2.75) is 38.0 Å². The molecule has 0 aliphatic heterocycles. The van der Waals surface area contributed by atoms with Crippen LogP contribution in [0.5, 0.6) is 0 Å². The SMILES string of the molecule is Cc1c(Cl)ccc(NS(=O)(=O)c2ccc(C(C)(C)C)cc2)c1C(=O)N(C=O)c1cncn1C. The number of halogens is 1. The van der Waals surface area contributed by atoms with Crippen LogP contribution < -0.4 is 9.62 Å². The first-order valence-corrected chi connectivity index (χ1v) is 11.9. The molecular formula is C23H25ClN4O4S. The fourth-order valence-electron chi connectivity index (χ4n) is 3.29. The summed E-state index contributed by atoms with van der Waals surface area (Å²) in [6, 6.07) is 9.43. The Balaban J connectivity index is 2.04. The number of carbonyl (C=O) groups excluding carboxylic acids is 2. The summed E-state index contributed by atoms with van der Waals surface area (Å²) < 4.78 is 30.2. The highest BCUT2D eigenvalue weighted by atomic mass is 35.5. The van der Waals surface area contributed by atoms with E-state index in [4.69, 9.17) is 11.6 Å². The number of nitrogens with one attached hydrogen (secondary N) is 1. The van der Waals surface area contributed by atoms with Gasteiger partial charge in [-0.25, -0.2) is 18.3 Å². The molecule has 10 heteroatoms. The molecule has 0 spiro atoms. The van der Waals surface area contributed by atoms with E-state index in [2.05, 4.69) is 9.71 Å². The molecule has 0 aliphatic rings. The average molecular weight is 489 g/mol. The molecule has 3 aromatic rings. The Kier molecular flexibility index (Phi) is 6.67. The monoisotopic (exact) mass is 488 g/mol. The lowest BCUT2D eigenvalue weighted by atomic mass is 9.87. The Hall–Kier alpha value is -3.17. The minimum atomic E-state index is -4.03. The molecule has 0 saturated carbocycles. The Bertz CT molecular complexity index is 1310. The van der Waals surface area contributed by atoms with Gasteiger partial charge in [-0.1, -0.05) is 44.5 Å². The first kappa shape index (κ1) is 24.5. The van der Waals surface area contributed by atoms with Gasteiger partial charge in [0.1, 0.15) is 5.82 Å². The van der Waals surface area contributed by atoms with Gasteiger partial charge in [-0.3, -0.25) is 14.3 Å². The van der Waals surface area contributed by atoms with E-state index in [1.54, 1.807) is 26.1 Å². The molecule has 1 aromatic heterocycles. The fraction of sp³-hybridized carbons (Fsp3) is 0.261. The minimum Gasteiger partial charge on any atom is -0.320 e. The fourth-order valence-corrected chi connectivity index (χ4v) is 4.52. The number of sulfonamides is 1. The molecule has 3 rings (SSSR count). The zero-order valence-electron chi connectivity index (χ0n) is 19.0. The predicted molar refractivity (Wildman–Crippen MR) is 128 cm³/mol. The number of imide groups is 1. The van der Waals surface area contributed by atoms with Crippen molar-refractivity contribution in [1.29, 1.82) is 0 Å². The molecular weight excluding hydrogens is 464 g/mol. The van der Waals surface area contributed by atoms with E-state index in [1.165, 1.54) is 41.4 Å². The summed E-state index contributed by atoms with van der Waals surface area (Å²) >= 11 is 6.23. The van der Waals surface area contributed by atoms with Gasteiger partial charge in [-0.05, 0) is 47.7 Å². The third-order valence-electron chi connectivity index (χ3n) is 5.25. The molecule has 1 N–H and O–H groups in total. The van der Waals surface area contributed by atoms with Crippen molar-refractivity contribution < 1.29 is 18.0 Å². The van der Waals surface area contributed by atoms with Crippen molar-refractivity contribution in [3.05, 3.63) is 70.6 Å². The molecule has 0 atom stereocenters. The molecule has 2 aromatic carbocycles. The standard InChI is InChI=1S/C23H25ClN4O4S/c1-15-18(24)10-11-19(21(15)22(30)28(14-29)20-12-25-13-27(20)5)26-33(31,32)17-8-6-16(7-9-17)23(2,3)4/h6-14,26H,1-5H3. The van der Waals surface area contributed by atoms with Crippen LogP contribution in [0.15, 0.2) is 53.8 Å². The van der Waals surface area contributed by atoms with Crippen LogP contribution in [-0.2, 0) is 27.3 Å². The van der Waals surface area contributed by atoms with E-state index in [-0.39, 0.29) is 32.4 Å². The molecule has 0 radical (unpaired) electrons. The number of imidazole rings is 1. The lowest BCUT2D eigenvalue weighted by molar-refractivity contribution is -0.107. The largest absolute Gasteiger partial charge is 0.320 e. The van der Waals surface area contributed by atoms with Crippen LogP contribution in [0, 0.1) is 6.92 Å². The lowest BCUT2D eigenvalue weighted by Crippen LogP contribution is -2.32. The highest BCUT2D eigenvalue weighted by Gasteiger charge is 2.27. The van der Waals surface area contributed by atoms with Gasteiger partial charge in [0, 0.05) is 12.1 Å². The summed E-state index contributed by atoms with van der Waals surface area (Å²) in [6.45, 7) is 7.68. The zero-order chi connectivity index (χ0) is 24.6. The first-order chi connectivity index (χ1) is 15.4. The van der Waals surface area contributed by atoms with Gasteiger partial charge >= 0.3 is 0 Å². The summed E-state index contributed by atoms with van der Waals surface area (Å²) in [4.78, 5) is 30.0. The molecule has 33 heavy (non-hydrogen) atoms. The quantitative estimate of drug-likeness (QED) is 0.522. The summed E-state index contributed by atoms with van der Waals surface area (Å²) in [5, 5.41) is 0.256. The molecule has 174 valence electrons. The van der Waals surface area contributed by atoms with E-state index in [0.29, 0.717) is 12.0 Å². The van der Waals surface area contributed by atoms with Crippen molar-refractivity contribution in [2.24, 2.45) is 7.05 Å². The molecule has 8 nitrogen and oxygen atoms in total. The van der Waals surface area contributed by atoms with Crippen molar-refractivity contribution in [3.63, 3.8) is 0 Å². The second kappa shape index (κ2) is 8.99. The minimum absolute atomic E-state index is 0.0100. The van der Waals surface area contributed by atoms with Crippen molar-refractivity contribution in [2.75, 3.05) is 9.62 Å². The molecule has 0 saturated heterocycles. The van der Waals surface area contributed by atoms with Gasteiger partial charge in [-0.15, -0.1) is 0 Å². The summed E-state index contributed by atoms with van der Waals surface area (Å²) in [7, 11) is -2.40. The number of aryl methyl sites for hydroxylation is 1. The second-order valence-corrected chi connectivity index (χ2v) is 10.7. The second-order valence-electron chi connectivity index (χ2n) is 8.62. The molecule has 0 bridgehead atoms. The maximum Gasteiger partial charge on any atom is 0.268 e. The number of nitrogens with zero attached hydrogens (tertiary/aromatic N) is 3. The number of aromatic nitrogens is 2. The Morgan fingerprint density at radius 3 is 2.30 bits per heavy atom. The van der Waals surface area contributed by atoms with E-state index in [9.17, 15) is 18.0 Å². The average Bonchev–Trinajstić information content (AvgIpc) is 3.16. The Morgan fingerprint density at radius 2 is 1.79 bits per heavy atom. The number of amides is 2. The maximum atomic E-state index is 13.4. The van der Waals surface area contributed by atoms with Crippen LogP contribution in [0.4, 0.5) is 11.5 Å². The molecule has 2 amide bonds. The van der Waals surface area contributed by atoms with E-state index in [1.807, 2.05) is 20.8 Å². The number of hydrogen-bond acceptors (Lipinski definition) is 5. The predicted octanol–water partition coefficient (Wildman–Crippen LogP) is 4.28. The van der Waals surface area contributed by atoms with Gasteiger partial charge in [-0.2, -0.15) is 0 Å². The first-order valence-electron chi connectivity index (χ1n) is 10.0. The van der Waals surface area contributed by atoms with E-state index in [0.717, 1.165) is 10.5 Å². The molecule has 0 fully saturated rings. The van der Waals surface area contributed by atoms with E-state index >= 15 is 0 Å². The van der Waals surface area contributed by atoms with Crippen molar-refractivity contribution in [3.8, 4) is 0 Å². The number of carbonyl (C=O) groups is 2. The number of rotatable bonds is 6. The van der Waals surface area contributed by atoms with Gasteiger partial charge < -0.3 is 4.57 Å². The third-order valence-corrected chi connectivity index (χ3v) is 7.04. The summed E-state index contributed by atoms with van der Waals surface area (Å²) in [6.07, 6.45) is 3.14. The maximum absolute atomic E-state index is 13.4. The Labute approximate surface area is 198 Å².